The number of hydrogen-bond donors (Lipinski definition) is 1. The molecule has 1 rings (SSSR count). The molecule has 42 valence electrons. The first-order valence-corrected chi connectivity index (χ1v) is 2.64. The molecule has 0 atom stereocenters. The zero-order valence-corrected chi connectivity index (χ0v) is 5.06. The lowest BCUT2D eigenvalue weighted by Crippen LogP contribution is -2.16. The Morgan fingerprint density at radius 1 is 1.38 bits per heavy atom. The molecule has 0 saturated heterocycles. The molecule has 8 heavy (non-hydrogen) atoms. The van der Waals surface area contributed by atoms with Gasteiger partial charge in [-0.05, 0) is 24.4 Å². The van der Waals surface area contributed by atoms with Crippen LogP contribution in [0.2, 0.25) is 0 Å². The van der Waals surface area contributed by atoms with Crippen molar-refractivity contribution in [2.24, 2.45) is 5.73 Å². The van der Waals surface area contributed by atoms with E-state index < -0.39 is 0 Å². The highest BCUT2D eigenvalue weighted by molar-refractivity contribution is 7.80. The summed E-state index contributed by atoms with van der Waals surface area (Å²) in [5.41, 5.74) is 5.25. The minimum absolute atomic E-state index is 0.384. The van der Waals surface area contributed by atoms with Gasteiger partial charge in [0.2, 0.25) is 0 Å². The minimum Gasteiger partial charge on any atom is -0.376 e. The summed E-state index contributed by atoms with van der Waals surface area (Å²) in [6.45, 7) is 0. The Hall–Kier alpha value is -0.830. The summed E-state index contributed by atoms with van der Waals surface area (Å²) in [5.74, 6) is 0. The second-order valence-corrected chi connectivity index (χ2v) is 1.85. The third-order valence-electron chi connectivity index (χ3n) is 0.859. The van der Waals surface area contributed by atoms with Gasteiger partial charge >= 0.3 is 0 Å². The smallest absolute Gasteiger partial charge is 0.174 e. The molecule has 0 radical (unpaired) electrons. The fourth-order valence-electron chi connectivity index (χ4n) is 0.481. The summed E-state index contributed by atoms with van der Waals surface area (Å²) in [6, 6.07) is 3.75. The van der Waals surface area contributed by atoms with Crippen LogP contribution in [0.25, 0.3) is 0 Å². The molecule has 0 aliphatic carbocycles. The number of nitrogens with two attached hydrogens (primary N) is 1. The van der Waals surface area contributed by atoms with Gasteiger partial charge in [0.05, 0.1) is 0 Å². The molecule has 1 aromatic heterocycles. The monoisotopic (exact) mass is 126 g/mol. The molecule has 0 saturated carbocycles. The number of hydrogen-bond acceptors (Lipinski definition) is 1. The maximum Gasteiger partial charge on any atom is 0.174 e. The van der Waals surface area contributed by atoms with Crippen LogP contribution in [0, 0.1) is 0 Å². The van der Waals surface area contributed by atoms with Crippen LogP contribution in [-0.2, 0) is 0 Å². The van der Waals surface area contributed by atoms with Crippen molar-refractivity contribution < 1.29 is 0 Å². The lowest BCUT2D eigenvalue weighted by molar-refractivity contribution is 1.17. The number of aromatic nitrogens is 1. The molecule has 0 spiro atoms. The summed E-state index contributed by atoms with van der Waals surface area (Å²) >= 11 is 4.66. The van der Waals surface area contributed by atoms with Crippen LogP contribution in [0.3, 0.4) is 0 Å². The molecule has 0 bridgehead atoms. The lowest BCUT2D eigenvalue weighted by atomic mass is 10.7. The molecule has 1 heterocycles. The zero-order valence-electron chi connectivity index (χ0n) is 4.24. The maximum absolute atomic E-state index is 5.25. The van der Waals surface area contributed by atoms with Crippen molar-refractivity contribution >= 4 is 17.3 Å². The Balaban J connectivity index is 2.93. The van der Waals surface area contributed by atoms with Gasteiger partial charge in [0.15, 0.2) is 5.11 Å². The highest BCUT2D eigenvalue weighted by Crippen LogP contribution is 1.85. The van der Waals surface area contributed by atoms with Crippen LogP contribution >= 0.6 is 12.2 Å². The van der Waals surface area contributed by atoms with E-state index in [1.54, 1.807) is 4.57 Å². The Morgan fingerprint density at radius 2 is 1.88 bits per heavy atom. The summed E-state index contributed by atoms with van der Waals surface area (Å²) < 4.78 is 1.68. The molecule has 0 aromatic carbocycles. The highest BCUT2D eigenvalue weighted by atomic mass is 32.1. The Morgan fingerprint density at radius 3 is 2.12 bits per heavy atom. The third kappa shape index (κ3) is 0.869. The summed E-state index contributed by atoms with van der Waals surface area (Å²) in [6.07, 6.45) is 3.62. The van der Waals surface area contributed by atoms with Gasteiger partial charge in [-0.3, -0.25) is 0 Å². The van der Waals surface area contributed by atoms with Crippen molar-refractivity contribution in [3.8, 4) is 0 Å². The molecule has 0 unspecified atom stereocenters. The number of nitrogens with zero attached hydrogens (tertiary/aromatic N) is 1. The average molecular weight is 126 g/mol. The van der Waals surface area contributed by atoms with E-state index in [4.69, 9.17) is 5.73 Å². The van der Waals surface area contributed by atoms with Crippen molar-refractivity contribution in [3.63, 3.8) is 0 Å². The van der Waals surface area contributed by atoms with Crippen LogP contribution in [-0.4, -0.2) is 9.68 Å². The van der Waals surface area contributed by atoms with Crippen LogP contribution < -0.4 is 5.73 Å². The number of rotatable bonds is 0. The quantitative estimate of drug-likeness (QED) is 0.515. The van der Waals surface area contributed by atoms with Crippen molar-refractivity contribution in [2.75, 3.05) is 0 Å². The fourth-order valence-corrected chi connectivity index (χ4v) is 0.603. The predicted octanol–water partition coefficient (Wildman–Crippen LogP) is 0.580. The summed E-state index contributed by atoms with van der Waals surface area (Å²) in [7, 11) is 0. The molecule has 0 fully saturated rings. The topological polar surface area (TPSA) is 30.9 Å². The first-order chi connectivity index (χ1) is 3.80. The predicted molar refractivity (Wildman–Crippen MR) is 36.6 cm³/mol. The molecule has 0 amide bonds. The Kier molecular flexibility index (Phi) is 1.30. The molecule has 0 aliphatic rings. The molecule has 1 aromatic rings. The van der Waals surface area contributed by atoms with Crippen LogP contribution in [0.1, 0.15) is 0 Å². The molecule has 2 N–H and O–H groups in total. The third-order valence-corrected chi connectivity index (χ3v) is 1.07. The largest absolute Gasteiger partial charge is 0.376 e. The zero-order chi connectivity index (χ0) is 5.98. The van der Waals surface area contributed by atoms with E-state index >= 15 is 0 Å². The van der Waals surface area contributed by atoms with Gasteiger partial charge in [-0.1, -0.05) is 0 Å². The lowest BCUT2D eigenvalue weighted by Gasteiger charge is -1.93. The van der Waals surface area contributed by atoms with Crippen LogP contribution in [0.4, 0.5) is 0 Å². The van der Waals surface area contributed by atoms with Gasteiger partial charge in [-0.2, -0.15) is 0 Å². The number of thiocarbonyl (C=S) groups is 1. The van der Waals surface area contributed by atoms with Crippen molar-refractivity contribution in [3.05, 3.63) is 24.5 Å². The maximum atomic E-state index is 5.25. The molecule has 0 aliphatic heterocycles. The standard InChI is InChI=1S/C5H6N2S/c6-5(8)7-3-1-2-4-7/h1-4H,(H2,6,8). The van der Waals surface area contributed by atoms with Gasteiger partial charge in [-0.15, -0.1) is 0 Å². The SMILES string of the molecule is NC(=S)n1cccc1. The van der Waals surface area contributed by atoms with Gasteiger partial charge in [0.1, 0.15) is 0 Å². The second-order valence-electron chi connectivity index (χ2n) is 1.43. The fraction of sp³-hybridized carbons (Fsp3) is 0. The van der Waals surface area contributed by atoms with Crippen LogP contribution in [0.15, 0.2) is 24.5 Å². The van der Waals surface area contributed by atoms with Gasteiger partial charge in [-0.25, -0.2) is 0 Å². The van der Waals surface area contributed by atoms with Crippen molar-refractivity contribution in [1.82, 2.24) is 4.57 Å². The van der Waals surface area contributed by atoms with Gasteiger partial charge in [0.25, 0.3) is 0 Å². The van der Waals surface area contributed by atoms with Crippen LogP contribution in [0.5, 0.6) is 0 Å². The van der Waals surface area contributed by atoms with E-state index in [2.05, 4.69) is 12.2 Å². The first kappa shape index (κ1) is 5.31. The van der Waals surface area contributed by atoms with Gasteiger partial charge in [0, 0.05) is 12.4 Å². The minimum atomic E-state index is 0.384. The van der Waals surface area contributed by atoms with E-state index in [0.717, 1.165) is 0 Å². The van der Waals surface area contributed by atoms with Crippen molar-refractivity contribution in [1.29, 1.82) is 0 Å². The first-order valence-electron chi connectivity index (χ1n) is 2.23. The van der Waals surface area contributed by atoms with Gasteiger partial charge < -0.3 is 10.3 Å². The molecular formula is C5H6N2S. The Labute approximate surface area is 52.9 Å². The van der Waals surface area contributed by atoms with E-state index in [1.807, 2.05) is 24.5 Å². The normalized spacial score (nSPS) is 9.00. The highest BCUT2D eigenvalue weighted by Gasteiger charge is 1.85. The van der Waals surface area contributed by atoms with E-state index in [-0.39, 0.29) is 0 Å². The van der Waals surface area contributed by atoms with Crippen molar-refractivity contribution in [2.45, 2.75) is 0 Å². The molecule has 2 nitrogen and oxygen atoms in total. The summed E-state index contributed by atoms with van der Waals surface area (Å²) in [5, 5.41) is 0.384. The Bertz CT molecular complexity index is 178. The van der Waals surface area contributed by atoms with E-state index in [9.17, 15) is 0 Å². The average Bonchev–Trinajstić information content (AvgIpc) is 2.12. The second kappa shape index (κ2) is 1.96. The molecule has 3 heteroatoms. The van der Waals surface area contributed by atoms with E-state index in [0.29, 0.717) is 5.11 Å². The molecular weight excluding hydrogens is 120 g/mol. The van der Waals surface area contributed by atoms with E-state index in [1.165, 1.54) is 0 Å². The summed E-state index contributed by atoms with van der Waals surface area (Å²) in [4.78, 5) is 0.